The van der Waals surface area contributed by atoms with Gasteiger partial charge in [0.25, 0.3) is 0 Å². The molecule has 0 bridgehead atoms. The molecule has 3 aliphatic rings. The van der Waals surface area contributed by atoms with E-state index in [0.29, 0.717) is 5.54 Å². The van der Waals surface area contributed by atoms with Crippen molar-refractivity contribution in [3.05, 3.63) is 11.3 Å². The van der Waals surface area contributed by atoms with E-state index < -0.39 is 0 Å². The first-order valence-electron chi connectivity index (χ1n) is 11.1. The molecule has 0 radical (unpaired) electrons. The van der Waals surface area contributed by atoms with Gasteiger partial charge in [-0.1, -0.05) is 19.3 Å². The van der Waals surface area contributed by atoms with Gasteiger partial charge in [0, 0.05) is 57.4 Å². The molecule has 2 saturated heterocycles. The number of ether oxygens (including phenoxy) is 2. The van der Waals surface area contributed by atoms with Crippen LogP contribution in [0, 0.1) is 6.92 Å². The zero-order valence-corrected chi connectivity index (χ0v) is 17.7. The normalized spacial score (nSPS) is 23.9. The van der Waals surface area contributed by atoms with Gasteiger partial charge in [-0.3, -0.25) is 9.58 Å². The first kappa shape index (κ1) is 20.1. The number of nitrogens with zero attached hydrogens (tertiary/aromatic N) is 4. The second kappa shape index (κ2) is 9.11. The summed E-state index contributed by atoms with van der Waals surface area (Å²) in [5.41, 5.74) is 2.79. The van der Waals surface area contributed by atoms with Crippen LogP contribution in [0.3, 0.4) is 0 Å². The summed E-state index contributed by atoms with van der Waals surface area (Å²) in [5.74, 6) is 1.26. The van der Waals surface area contributed by atoms with E-state index in [1.165, 1.54) is 43.5 Å². The van der Waals surface area contributed by atoms with Crippen LogP contribution in [0.5, 0.6) is 0 Å². The van der Waals surface area contributed by atoms with E-state index in [4.69, 9.17) is 14.6 Å². The summed E-state index contributed by atoms with van der Waals surface area (Å²) in [6.07, 6.45) is 6.70. The molecule has 3 fully saturated rings. The average molecular weight is 392 g/mol. The predicted octanol–water partition coefficient (Wildman–Crippen LogP) is 1.69. The van der Waals surface area contributed by atoms with Gasteiger partial charge < -0.3 is 19.7 Å². The number of nitrogens with one attached hydrogen (secondary N) is 1. The molecule has 0 amide bonds. The third kappa shape index (κ3) is 4.22. The highest BCUT2D eigenvalue weighted by Gasteiger charge is 2.38. The van der Waals surface area contributed by atoms with E-state index in [9.17, 15) is 0 Å². The first-order chi connectivity index (χ1) is 13.7. The largest absolute Gasteiger partial charge is 0.379 e. The molecule has 7 heteroatoms. The van der Waals surface area contributed by atoms with Crippen LogP contribution in [-0.2, 0) is 23.1 Å². The predicted molar refractivity (Wildman–Crippen MR) is 111 cm³/mol. The van der Waals surface area contributed by atoms with Crippen LogP contribution in [0.1, 0.15) is 43.4 Å². The van der Waals surface area contributed by atoms with E-state index in [2.05, 4.69) is 33.8 Å². The maximum absolute atomic E-state index is 5.62. The molecule has 2 aliphatic heterocycles. The fraction of sp³-hybridized carbons (Fsp3) is 0.857. The molecule has 0 spiro atoms. The van der Waals surface area contributed by atoms with Crippen LogP contribution >= 0.6 is 0 Å². The van der Waals surface area contributed by atoms with Gasteiger partial charge in [-0.2, -0.15) is 5.10 Å². The fourth-order valence-electron chi connectivity index (χ4n) is 5.34. The summed E-state index contributed by atoms with van der Waals surface area (Å²) < 4.78 is 13.2. The monoisotopic (exact) mass is 391 g/mol. The summed E-state index contributed by atoms with van der Waals surface area (Å²) in [5, 5.41) is 8.58. The van der Waals surface area contributed by atoms with E-state index in [1.807, 2.05) is 0 Å². The Kier molecular flexibility index (Phi) is 6.55. The highest BCUT2D eigenvalue weighted by atomic mass is 16.5. The highest BCUT2D eigenvalue weighted by molar-refractivity contribution is 5.50. The summed E-state index contributed by atoms with van der Waals surface area (Å²) in [6.45, 7) is 11.5. The maximum Gasteiger partial charge on any atom is 0.131 e. The van der Waals surface area contributed by atoms with Gasteiger partial charge in [0.05, 0.1) is 32.1 Å². The lowest BCUT2D eigenvalue weighted by molar-refractivity contribution is -0.0369. The van der Waals surface area contributed by atoms with Crippen molar-refractivity contribution in [1.82, 2.24) is 20.0 Å². The van der Waals surface area contributed by atoms with Crippen molar-refractivity contribution in [3.8, 4) is 0 Å². The molecule has 1 aromatic rings. The second-order valence-electron chi connectivity index (χ2n) is 8.60. The van der Waals surface area contributed by atoms with E-state index in [-0.39, 0.29) is 0 Å². The second-order valence-corrected chi connectivity index (χ2v) is 8.60. The Bertz CT molecular complexity index is 629. The SMILES string of the molecule is Cc1nn(C)c(N2CCOCC2)c1CNCC1(N2CCOCC2)CCCCC1. The number of anilines is 1. The standard InChI is InChI=1S/C21H37N5O2/c1-18-19(20(24(2)23-18)25-8-12-27-13-9-25)16-22-17-21(6-4-3-5-7-21)26-10-14-28-15-11-26/h22H,3-17H2,1-2H3. The Hall–Kier alpha value is -1.15. The Morgan fingerprint density at radius 3 is 2.29 bits per heavy atom. The van der Waals surface area contributed by atoms with Crippen molar-refractivity contribution in [2.75, 3.05) is 64.1 Å². The van der Waals surface area contributed by atoms with Crippen LogP contribution in [0.2, 0.25) is 0 Å². The van der Waals surface area contributed by atoms with E-state index in [1.54, 1.807) is 0 Å². The summed E-state index contributed by atoms with van der Waals surface area (Å²) in [4.78, 5) is 5.14. The van der Waals surface area contributed by atoms with Gasteiger partial charge in [-0.05, 0) is 19.8 Å². The maximum atomic E-state index is 5.62. The van der Waals surface area contributed by atoms with Gasteiger partial charge in [0.1, 0.15) is 5.82 Å². The molecule has 1 aromatic heterocycles. The molecule has 0 atom stereocenters. The molecule has 0 unspecified atom stereocenters. The summed E-state index contributed by atoms with van der Waals surface area (Å²) in [6, 6.07) is 0. The van der Waals surface area contributed by atoms with Gasteiger partial charge in [-0.15, -0.1) is 0 Å². The van der Waals surface area contributed by atoms with Gasteiger partial charge >= 0.3 is 0 Å². The van der Waals surface area contributed by atoms with Crippen LogP contribution in [-0.4, -0.2) is 79.4 Å². The van der Waals surface area contributed by atoms with Gasteiger partial charge in [-0.25, -0.2) is 0 Å². The third-order valence-corrected chi connectivity index (χ3v) is 6.85. The molecule has 3 heterocycles. The fourth-order valence-corrected chi connectivity index (χ4v) is 5.34. The van der Waals surface area contributed by atoms with Crippen LogP contribution in [0.15, 0.2) is 0 Å². The van der Waals surface area contributed by atoms with Crippen LogP contribution in [0.25, 0.3) is 0 Å². The molecule has 158 valence electrons. The van der Waals surface area contributed by atoms with Gasteiger partial charge in [0.15, 0.2) is 0 Å². The molecule has 7 nitrogen and oxygen atoms in total. The Balaban J connectivity index is 1.44. The molecule has 1 aliphatic carbocycles. The van der Waals surface area contributed by atoms with Crippen molar-refractivity contribution in [2.45, 2.75) is 51.1 Å². The van der Waals surface area contributed by atoms with Crippen molar-refractivity contribution >= 4 is 5.82 Å². The number of aromatic nitrogens is 2. The van der Waals surface area contributed by atoms with Crippen molar-refractivity contribution in [2.24, 2.45) is 7.05 Å². The Morgan fingerprint density at radius 1 is 0.964 bits per heavy atom. The average Bonchev–Trinajstić information content (AvgIpc) is 3.03. The summed E-state index contributed by atoms with van der Waals surface area (Å²) in [7, 11) is 2.07. The van der Waals surface area contributed by atoms with Crippen molar-refractivity contribution in [1.29, 1.82) is 0 Å². The number of hydrogen-bond acceptors (Lipinski definition) is 6. The zero-order valence-electron chi connectivity index (χ0n) is 17.7. The minimum absolute atomic E-state index is 0.303. The zero-order chi connectivity index (χ0) is 19.4. The van der Waals surface area contributed by atoms with Crippen molar-refractivity contribution in [3.63, 3.8) is 0 Å². The van der Waals surface area contributed by atoms with Crippen molar-refractivity contribution < 1.29 is 9.47 Å². The number of hydrogen-bond donors (Lipinski definition) is 1. The molecular weight excluding hydrogens is 354 g/mol. The lowest BCUT2D eigenvalue weighted by atomic mass is 9.79. The van der Waals surface area contributed by atoms with Crippen LogP contribution in [0.4, 0.5) is 5.82 Å². The third-order valence-electron chi connectivity index (χ3n) is 6.85. The highest BCUT2D eigenvalue weighted by Crippen LogP contribution is 2.34. The lowest BCUT2D eigenvalue weighted by Crippen LogP contribution is -2.59. The lowest BCUT2D eigenvalue weighted by Gasteiger charge is -2.48. The number of aryl methyl sites for hydroxylation is 2. The Labute approximate surface area is 169 Å². The molecule has 1 N–H and O–H groups in total. The molecular formula is C21H37N5O2. The summed E-state index contributed by atoms with van der Waals surface area (Å²) >= 11 is 0. The van der Waals surface area contributed by atoms with E-state index >= 15 is 0 Å². The quantitative estimate of drug-likeness (QED) is 0.797. The minimum atomic E-state index is 0.303. The molecule has 28 heavy (non-hydrogen) atoms. The number of morpholine rings is 2. The number of rotatable bonds is 6. The molecule has 0 aromatic carbocycles. The van der Waals surface area contributed by atoms with Crippen LogP contribution < -0.4 is 10.2 Å². The van der Waals surface area contributed by atoms with E-state index in [0.717, 1.165) is 71.4 Å². The smallest absolute Gasteiger partial charge is 0.131 e. The minimum Gasteiger partial charge on any atom is -0.379 e. The first-order valence-corrected chi connectivity index (χ1v) is 11.1. The Morgan fingerprint density at radius 2 is 1.61 bits per heavy atom. The molecule has 4 rings (SSSR count). The topological polar surface area (TPSA) is 54.8 Å². The molecule has 1 saturated carbocycles. The van der Waals surface area contributed by atoms with Gasteiger partial charge in [0.2, 0.25) is 0 Å².